The van der Waals surface area contributed by atoms with Gasteiger partial charge in [0.1, 0.15) is 12.3 Å². The summed E-state index contributed by atoms with van der Waals surface area (Å²) in [6.07, 6.45) is 1.92. The molecule has 1 N–H and O–H groups in total. The Balaban J connectivity index is 1.63. The summed E-state index contributed by atoms with van der Waals surface area (Å²) in [6.45, 7) is 8.48. The zero-order valence-corrected chi connectivity index (χ0v) is 22.6. The van der Waals surface area contributed by atoms with Gasteiger partial charge in [-0.2, -0.15) is 0 Å². The Bertz CT molecular complexity index is 1430. The molecule has 0 spiro atoms. The zero-order valence-electron chi connectivity index (χ0n) is 22.6. The van der Waals surface area contributed by atoms with Crippen molar-refractivity contribution in [1.82, 2.24) is 14.5 Å². The number of rotatable bonds is 9. The second kappa shape index (κ2) is 11.8. The first-order valence-corrected chi connectivity index (χ1v) is 12.7. The summed E-state index contributed by atoms with van der Waals surface area (Å²) in [5.41, 5.74) is 5.38. The predicted octanol–water partition coefficient (Wildman–Crippen LogP) is 5.90. The molecular weight excluding hydrogens is 476 g/mol. The number of aryl methyl sites for hydroxylation is 2. The van der Waals surface area contributed by atoms with Crippen LogP contribution < -0.4 is 10.1 Å². The van der Waals surface area contributed by atoms with Gasteiger partial charge in [0.25, 0.3) is 5.91 Å². The first-order valence-electron chi connectivity index (χ1n) is 12.7. The van der Waals surface area contributed by atoms with Crippen molar-refractivity contribution < 1.29 is 14.3 Å². The number of carbonyl (C=O) groups excluding carboxylic acids is 2. The van der Waals surface area contributed by atoms with Crippen molar-refractivity contribution in [2.75, 3.05) is 25.5 Å². The number of aromatic nitrogens is 2. The largest absolute Gasteiger partial charge is 0.497 e. The number of nitrogens with one attached hydrogen (secondary N) is 1. The molecule has 0 bridgehead atoms. The maximum absolute atomic E-state index is 13.4. The number of anilines is 1. The lowest BCUT2D eigenvalue weighted by Crippen LogP contribution is -2.40. The second-order valence-corrected chi connectivity index (χ2v) is 9.81. The van der Waals surface area contributed by atoms with E-state index in [-0.39, 0.29) is 24.3 Å². The zero-order chi connectivity index (χ0) is 27.2. The number of ether oxygens (including phenoxy) is 1. The lowest BCUT2D eigenvalue weighted by Gasteiger charge is -2.24. The molecule has 0 unspecified atom stereocenters. The highest BCUT2D eigenvalue weighted by molar-refractivity contribution is 5.99. The topological polar surface area (TPSA) is 76.5 Å². The predicted molar refractivity (Wildman–Crippen MR) is 151 cm³/mol. The van der Waals surface area contributed by atoms with Gasteiger partial charge in [-0.15, -0.1) is 0 Å². The lowest BCUT2D eigenvalue weighted by molar-refractivity contribution is -0.117. The van der Waals surface area contributed by atoms with Crippen LogP contribution in [0.1, 0.15) is 35.3 Å². The monoisotopic (exact) mass is 510 g/mol. The molecule has 1 aromatic heterocycles. The fraction of sp³-hybridized carbons (Fsp3) is 0.258. The molecular formula is C31H34N4O3. The maximum Gasteiger partial charge on any atom is 0.254 e. The Kier molecular flexibility index (Phi) is 8.26. The molecule has 0 aliphatic rings. The Morgan fingerprint density at radius 2 is 1.74 bits per heavy atom. The number of benzene rings is 3. The van der Waals surface area contributed by atoms with Crippen LogP contribution in [0.2, 0.25) is 0 Å². The van der Waals surface area contributed by atoms with Gasteiger partial charge in [0.2, 0.25) is 11.9 Å². The van der Waals surface area contributed by atoms with Crippen molar-refractivity contribution in [3.05, 3.63) is 95.7 Å². The lowest BCUT2D eigenvalue weighted by atomic mass is 10.1. The minimum atomic E-state index is -0.322. The molecule has 38 heavy (non-hydrogen) atoms. The molecule has 0 atom stereocenters. The molecule has 0 fully saturated rings. The highest BCUT2D eigenvalue weighted by Gasteiger charge is 2.22. The van der Waals surface area contributed by atoms with Crippen LogP contribution in [-0.2, 0) is 4.79 Å². The summed E-state index contributed by atoms with van der Waals surface area (Å²) in [6, 6.07) is 22.9. The van der Waals surface area contributed by atoms with Crippen LogP contribution in [0.5, 0.6) is 5.75 Å². The Morgan fingerprint density at radius 3 is 2.42 bits per heavy atom. The van der Waals surface area contributed by atoms with E-state index in [1.807, 2.05) is 61.0 Å². The van der Waals surface area contributed by atoms with E-state index in [1.54, 1.807) is 36.3 Å². The summed E-state index contributed by atoms with van der Waals surface area (Å²) in [5.74, 6) is 0.621. The number of hydrogen-bond donors (Lipinski definition) is 1. The van der Waals surface area contributed by atoms with Gasteiger partial charge in [-0.1, -0.05) is 56.3 Å². The van der Waals surface area contributed by atoms with E-state index in [9.17, 15) is 9.59 Å². The van der Waals surface area contributed by atoms with Crippen molar-refractivity contribution in [2.24, 2.45) is 5.92 Å². The van der Waals surface area contributed by atoms with E-state index in [0.717, 1.165) is 22.5 Å². The van der Waals surface area contributed by atoms with Crippen molar-refractivity contribution in [2.45, 2.75) is 27.7 Å². The summed E-state index contributed by atoms with van der Waals surface area (Å²) in [7, 11) is 1.56. The van der Waals surface area contributed by atoms with E-state index in [4.69, 9.17) is 9.72 Å². The molecule has 1 heterocycles. The first-order chi connectivity index (χ1) is 18.2. The Labute approximate surface area is 224 Å². The summed E-state index contributed by atoms with van der Waals surface area (Å²) < 4.78 is 7.15. The molecule has 4 rings (SSSR count). The quantitative estimate of drug-likeness (QED) is 0.304. The molecule has 0 aliphatic heterocycles. The van der Waals surface area contributed by atoms with Gasteiger partial charge in [-0.25, -0.2) is 4.98 Å². The van der Waals surface area contributed by atoms with Gasteiger partial charge in [-0.3, -0.25) is 19.5 Å². The van der Waals surface area contributed by atoms with Crippen molar-refractivity contribution in [3.63, 3.8) is 0 Å². The molecule has 7 heteroatoms. The van der Waals surface area contributed by atoms with E-state index < -0.39 is 0 Å². The van der Waals surface area contributed by atoms with Crippen LogP contribution in [0.3, 0.4) is 0 Å². The normalized spacial score (nSPS) is 10.9. The van der Waals surface area contributed by atoms with Crippen LogP contribution in [0.15, 0.2) is 79.0 Å². The second-order valence-electron chi connectivity index (χ2n) is 9.81. The molecule has 4 aromatic rings. The molecule has 7 nitrogen and oxygen atoms in total. The van der Waals surface area contributed by atoms with Crippen LogP contribution in [0.4, 0.5) is 5.95 Å². The summed E-state index contributed by atoms with van der Waals surface area (Å²) in [4.78, 5) is 33.0. The molecule has 3 aromatic carbocycles. The molecule has 0 saturated heterocycles. The van der Waals surface area contributed by atoms with Gasteiger partial charge in [0, 0.05) is 29.6 Å². The van der Waals surface area contributed by atoms with Crippen molar-refractivity contribution in [3.8, 4) is 22.7 Å². The smallest absolute Gasteiger partial charge is 0.254 e. The van der Waals surface area contributed by atoms with Crippen LogP contribution >= 0.6 is 0 Å². The number of carbonyl (C=O) groups is 2. The summed E-state index contributed by atoms with van der Waals surface area (Å²) in [5, 5.41) is 2.96. The van der Waals surface area contributed by atoms with E-state index >= 15 is 0 Å². The molecule has 196 valence electrons. The molecule has 0 radical (unpaired) electrons. The molecule has 0 saturated carbocycles. The van der Waals surface area contributed by atoms with Crippen molar-refractivity contribution >= 4 is 17.8 Å². The highest BCUT2D eigenvalue weighted by Crippen LogP contribution is 2.25. The Morgan fingerprint density at radius 1 is 0.974 bits per heavy atom. The van der Waals surface area contributed by atoms with E-state index in [1.165, 1.54) is 5.56 Å². The van der Waals surface area contributed by atoms with Gasteiger partial charge in [0.15, 0.2) is 0 Å². The minimum absolute atomic E-state index is 0.103. The maximum atomic E-state index is 13.4. The summed E-state index contributed by atoms with van der Waals surface area (Å²) >= 11 is 0. The van der Waals surface area contributed by atoms with Crippen LogP contribution in [0.25, 0.3) is 16.9 Å². The van der Waals surface area contributed by atoms with Gasteiger partial charge in [-0.05, 0) is 61.2 Å². The number of hydrogen-bond acceptors (Lipinski definition) is 4. The van der Waals surface area contributed by atoms with E-state index in [0.29, 0.717) is 23.8 Å². The fourth-order valence-corrected chi connectivity index (χ4v) is 4.22. The van der Waals surface area contributed by atoms with Crippen LogP contribution in [-0.4, -0.2) is 46.5 Å². The standard InChI is InChI=1S/C31H34N4O3/c1-21(2)18-34(30(37)25-12-9-13-27(17-25)38-5)20-29(36)33-31-32-28(24-10-7-6-8-11-24)19-35(31)26-15-14-22(3)23(4)16-26/h6-17,19,21H,18,20H2,1-5H3,(H,32,33,36). The first kappa shape index (κ1) is 26.7. The van der Waals surface area contributed by atoms with Gasteiger partial charge < -0.3 is 9.64 Å². The van der Waals surface area contributed by atoms with Crippen molar-refractivity contribution in [1.29, 1.82) is 0 Å². The number of nitrogens with zero attached hydrogens (tertiary/aromatic N) is 3. The molecule has 2 amide bonds. The minimum Gasteiger partial charge on any atom is -0.497 e. The average Bonchev–Trinajstić information content (AvgIpc) is 3.33. The SMILES string of the molecule is COc1cccc(C(=O)N(CC(=O)Nc2nc(-c3ccccc3)cn2-c2ccc(C)c(C)c2)CC(C)C)c1. The average molecular weight is 511 g/mol. The number of imidazole rings is 1. The fourth-order valence-electron chi connectivity index (χ4n) is 4.22. The molecule has 0 aliphatic carbocycles. The van der Waals surface area contributed by atoms with Gasteiger partial charge in [0.05, 0.1) is 12.8 Å². The Hall–Kier alpha value is -4.39. The third kappa shape index (κ3) is 6.29. The third-order valence-electron chi connectivity index (χ3n) is 6.32. The third-order valence-corrected chi connectivity index (χ3v) is 6.32. The van der Waals surface area contributed by atoms with Gasteiger partial charge >= 0.3 is 0 Å². The number of amides is 2. The number of methoxy groups -OCH3 is 1. The highest BCUT2D eigenvalue weighted by atomic mass is 16.5. The van der Waals surface area contributed by atoms with E-state index in [2.05, 4.69) is 31.3 Å². The van der Waals surface area contributed by atoms with Crippen LogP contribution in [0, 0.1) is 19.8 Å².